The molecule has 1 amide bonds. The van der Waals surface area contributed by atoms with E-state index in [1.54, 1.807) is 0 Å². The van der Waals surface area contributed by atoms with Crippen LogP contribution in [-0.4, -0.2) is 26.9 Å². The van der Waals surface area contributed by atoms with Crippen LogP contribution < -0.4 is 0 Å². The molecule has 1 fully saturated rings. The Morgan fingerprint density at radius 1 is 1.70 bits per heavy atom. The highest BCUT2D eigenvalue weighted by Gasteiger charge is 2.31. The van der Waals surface area contributed by atoms with E-state index in [1.807, 2.05) is 0 Å². The predicted molar refractivity (Wildman–Crippen MR) is 37.5 cm³/mol. The van der Waals surface area contributed by atoms with E-state index in [2.05, 4.69) is 4.36 Å². The maximum absolute atomic E-state index is 11.2. The second-order valence-electron chi connectivity index (χ2n) is 2.43. The van der Waals surface area contributed by atoms with Crippen molar-refractivity contribution in [1.29, 1.82) is 0 Å². The molecule has 10 heavy (non-hydrogen) atoms. The van der Waals surface area contributed by atoms with Gasteiger partial charge in [-0.05, 0) is 12.8 Å². The van der Waals surface area contributed by atoms with Gasteiger partial charge in [-0.15, -0.1) is 4.36 Å². The van der Waals surface area contributed by atoms with Gasteiger partial charge in [-0.2, -0.15) is 0 Å². The number of rotatable bonds is 1. The molecule has 0 saturated heterocycles. The lowest BCUT2D eigenvalue weighted by atomic mass is 11.0. The minimum Gasteiger partial charge on any atom is -0.463 e. The summed E-state index contributed by atoms with van der Waals surface area (Å²) in [5.74, 6) is 0. The SMILES string of the molecule is CS(=O)(=NC(=O)O)C1CC1. The summed E-state index contributed by atoms with van der Waals surface area (Å²) in [7, 11) is -2.41. The standard InChI is InChI=1S/C5H9NO3S/c1-10(9,4-2-3-4)6-5(7)8/h4H,2-3H2,1H3,(H,7,8). The molecule has 1 atom stereocenters. The van der Waals surface area contributed by atoms with Crippen LogP contribution in [0.4, 0.5) is 4.79 Å². The topological polar surface area (TPSA) is 66.7 Å². The van der Waals surface area contributed by atoms with E-state index < -0.39 is 15.8 Å². The lowest BCUT2D eigenvalue weighted by molar-refractivity contribution is 0.206. The number of hydrogen-bond donors (Lipinski definition) is 1. The van der Waals surface area contributed by atoms with Gasteiger partial charge in [0.1, 0.15) is 0 Å². The molecule has 1 rings (SSSR count). The van der Waals surface area contributed by atoms with E-state index in [9.17, 15) is 9.00 Å². The fourth-order valence-corrected chi connectivity index (χ4v) is 2.20. The predicted octanol–water partition coefficient (Wildman–Crippen LogP) is 0.925. The molecule has 0 aromatic carbocycles. The Morgan fingerprint density at radius 3 is 2.50 bits per heavy atom. The van der Waals surface area contributed by atoms with Crippen molar-refractivity contribution in [2.75, 3.05) is 6.26 Å². The summed E-state index contributed by atoms with van der Waals surface area (Å²) in [6, 6.07) is 0. The average molecular weight is 163 g/mol. The smallest absolute Gasteiger partial charge is 0.439 e. The lowest BCUT2D eigenvalue weighted by Gasteiger charge is -1.95. The summed E-state index contributed by atoms with van der Waals surface area (Å²) in [5.41, 5.74) is 0. The van der Waals surface area contributed by atoms with E-state index in [0.29, 0.717) is 0 Å². The Hall–Kier alpha value is -0.580. The van der Waals surface area contributed by atoms with Crippen LogP contribution in [0.5, 0.6) is 0 Å². The zero-order valence-electron chi connectivity index (χ0n) is 5.61. The first-order valence-corrected chi connectivity index (χ1v) is 4.95. The highest BCUT2D eigenvalue weighted by atomic mass is 32.2. The van der Waals surface area contributed by atoms with E-state index in [4.69, 9.17) is 5.11 Å². The van der Waals surface area contributed by atoms with Gasteiger partial charge in [0, 0.05) is 11.5 Å². The Labute approximate surface area is 59.4 Å². The van der Waals surface area contributed by atoms with Gasteiger partial charge in [0.15, 0.2) is 0 Å². The molecule has 0 spiro atoms. The molecule has 5 heteroatoms. The summed E-state index contributed by atoms with van der Waals surface area (Å²) in [6.45, 7) is 0. The van der Waals surface area contributed by atoms with Gasteiger partial charge in [-0.1, -0.05) is 0 Å². The Morgan fingerprint density at radius 2 is 2.20 bits per heavy atom. The molecule has 0 aromatic rings. The lowest BCUT2D eigenvalue weighted by Crippen LogP contribution is -2.05. The minimum atomic E-state index is -2.41. The zero-order valence-corrected chi connectivity index (χ0v) is 6.43. The second kappa shape index (κ2) is 2.23. The summed E-state index contributed by atoms with van der Waals surface area (Å²) in [6.07, 6.45) is 1.79. The van der Waals surface area contributed by atoms with E-state index >= 15 is 0 Å². The van der Waals surface area contributed by atoms with Crippen LogP contribution in [0.2, 0.25) is 0 Å². The summed E-state index contributed by atoms with van der Waals surface area (Å²) < 4.78 is 14.3. The van der Waals surface area contributed by atoms with Crippen LogP contribution in [-0.2, 0) is 9.73 Å². The second-order valence-corrected chi connectivity index (χ2v) is 5.01. The van der Waals surface area contributed by atoms with Crippen LogP contribution in [0.3, 0.4) is 0 Å². The van der Waals surface area contributed by atoms with Gasteiger partial charge >= 0.3 is 6.09 Å². The molecule has 0 aliphatic heterocycles. The van der Waals surface area contributed by atoms with Crippen molar-refractivity contribution in [3.63, 3.8) is 0 Å². The number of carboxylic acid groups (broad SMARTS) is 1. The van der Waals surface area contributed by atoms with Gasteiger partial charge in [0.2, 0.25) is 0 Å². The first kappa shape index (κ1) is 7.53. The molecule has 1 N–H and O–H groups in total. The molecule has 0 radical (unpaired) electrons. The van der Waals surface area contributed by atoms with Crippen LogP contribution in [0.1, 0.15) is 12.8 Å². The monoisotopic (exact) mass is 163 g/mol. The Bertz CT molecular complexity index is 260. The molecule has 1 aliphatic carbocycles. The molecular formula is C5H9NO3S. The van der Waals surface area contributed by atoms with Crippen molar-refractivity contribution in [3.05, 3.63) is 0 Å². The van der Waals surface area contributed by atoms with Gasteiger partial charge in [-0.3, -0.25) is 0 Å². The first-order chi connectivity index (χ1) is 4.52. The van der Waals surface area contributed by atoms with Gasteiger partial charge < -0.3 is 5.11 Å². The van der Waals surface area contributed by atoms with Crippen molar-refractivity contribution in [2.45, 2.75) is 18.1 Å². The zero-order chi connectivity index (χ0) is 7.78. The van der Waals surface area contributed by atoms with Crippen molar-refractivity contribution in [3.8, 4) is 0 Å². The molecular weight excluding hydrogens is 154 g/mol. The molecule has 1 aliphatic rings. The van der Waals surface area contributed by atoms with Crippen molar-refractivity contribution in [1.82, 2.24) is 0 Å². The van der Waals surface area contributed by atoms with Crippen molar-refractivity contribution >= 4 is 15.8 Å². The molecule has 0 bridgehead atoms. The normalized spacial score (nSPS) is 23.3. The largest absolute Gasteiger partial charge is 0.463 e. The molecule has 1 unspecified atom stereocenters. The number of amides is 1. The van der Waals surface area contributed by atoms with Gasteiger partial charge in [0.05, 0.1) is 9.73 Å². The summed E-state index contributed by atoms with van der Waals surface area (Å²) in [5, 5.41) is 8.21. The van der Waals surface area contributed by atoms with E-state index in [-0.39, 0.29) is 5.25 Å². The van der Waals surface area contributed by atoms with Crippen molar-refractivity contribution in [2.24, 2.45) is 4.36 Å². The third kappa shape index (κ3) is 1.70. The van der Waals surface area contributed by atoms with E-state index in [0.717, 1.165) is 12.8 Å². The average Bonchev–Trinajstić information content (AvgIpc) is 2.35. The highest BCUT2D eigenvalue weighted by Crippen LogP contribution is 2.28. The summed E-state index contributed by atoms with van der Waals surface area (Å²) in [4.78, 5) is 10.0. The highest BCUT2D eigenvalue weighted by molar-refractivity contribution is 7.94. The van der Waals surface area contributed by atoms with Crippen LogP contribution in [0.15, 0.2) is 4.36 Å². The summed E-state index contributed by atoms with van der Waals surface area (Å²) >= 11 is 0. The third-order valence-electron chi connectivity index (χ3n) is 1.40. The van der Waals surface area contributed by atoms with Crippen molar-refractivity contribution < 1.29 is 14.1 Å². The fraction of sp³-hybridized carbons (Fsp3) is 0.800. The van der Waals surface area contributed by atoms with Crippen LogP contribution >= 0.6 is 0 Å². The van der Waals surface area contributed by atoms with Gasteiger partial charge in [0.25, 0.3) is 0 Å². The number of carbonyl (C=O) groups is 1. The quantitative estimate of drug-likeness (QED) is 0.625. The van der Waals surface area contributed by atoms with E-state index in [1.165, 1.54) is 6.26 Å². The number of nitrogens with zero attached hydrogens (tertiary/aromatic N) is 1. The molecule has 0 heterocycles. The number of hydrogen-bond acceptors (Lipinski definition) is 2. The fourth-order valence-electron chi connectivity index (χ4n) is 0.735. The van der Waals surface area contributed by atoms with Crippen LogP contribution in [0.25, 0.3) is 0 Å². The minimum absolute atomic E-state index is 0.0311. The molecule has 58 valence electrons. The first-order valence-electron chi connectivity index (χ1n) is 2.96. The Kier molecular flexibility index (Phi) is 1.68. The molecule has 4 nitrogen and oxygen atoms in total. The molecule has 0 aromatic heterocycles. The maximum Gasteiger partial charge on any atom is 0.439 e. The molecule has 1 saturated carbocycles. The maximum atomic E-state index is 11.2. The third-order valence-corrected chi connectivity index (χ3v) is 3.63. The van der Waals surface area contributed by atoms with Crippen LogP contribution in [0, 0.1) is 0 Å². The Balaban J connectivity index is 2.85. The van der Waals surface area contributed by atoms with Gasteiger partial charge in [-0.25, -0.2) is 9.00 Å².